The SMILES string of the molecule is CCOC(=O)C1=C(CN2CCN(C(=O)NC(C)C)[C@@H](C)C2)N(C)C(=O)N[C@H]1c1cccc(C)c1. The second-order valence-electron chi connectivity index (χ2n) is 9.32. The summed E-state index contributed by atoms with van der Waals surface area (Å²) in [7, 11) is 1.67. The van der Waals surface area contributed by atoms with E-state index in [2.05, 4.69) is 15.5 Å². The first-order valence-electron chi connectivity index (χ1n) is 11.9. The fourth-order valence-corrected chi connectivity index (χ4v) is 4.52. The van der Waals surface area contributed by atoms with Gasteiger partial charge < -0.3 is 20.3 Å². The molecule has 0 aliphatic carbocycles. The van der Waals surface area contributed by atoms with Crippen molar-refractivity contribution in [2.24, 2.45) is 0 Å². The second-order valence-corrected chi connectivity index (χ2v) is 9.32. The Morgan fingerprint density at radius 3 is 2.62 bits per heavy atom. The number of ether oxygens (including phenoxy) is 1. The number of piperazine rings is 1. The number of nitrogens with one attached hydrogen (secondary N) is 2. The largest absolute Gasteiger partial charge is 0.463 e. The highest BCUT2D eigenvalue weighted by Gasteiger charge is 2.38. The van der Waals surface area contributed by atoms with Crippen LogP contribution in [0.5, 0.6) is 0 Å². The summed E-state index contributed by atoms with van der Waals surface area (Å²) in [5, 5.41) is 5.92. The molecule has 2 aliphatic rings. The van der Waals surface area contributed by atoms with Gasteiger partial charge in [0.15, 0.2) is 0 Å². The van der Waals surface area contributed by atoms with Gasteiger partial charge >= 0.3 is 18.0 Å². The lowest BCUT2D eigenvalue weighted by Crippen LogP contribution is -2.58. The third-order valence-electron chi connectivity index (χ3n) is 6.21. The Balaban J connectivity index is 1.90. The molecule has 1 aromatic rings. The number of carbonyl (C=O) groups is 3. The number of nitrogens with zero attached hydrogens (tertiary/aromatic N) is 3. The maximum absolute atomic E-state index is 13.1. The van der Waals surface area contributed by atoms with Gasteiger partial charge in [0.25, 0.3) is 0 Å². The van der Waals surface area contributed by atoms with Crippen LogP contribution in [0.3, 0.4) is 0 Å². The fraction of sp³-hybridized carbons (Fsp3) is 0.560. The van der Waals surface area contributed by atoms with Crippen LogP contribution < -0.4 is 10.6 Å². The highest BCUT2D eigenvalue weighted by atomic mass is 16.5. The van der Waals surface area contributed by atoms with Gasteiger partial charge in [0, 0.05) is 51.0 Å². The number of aryl methyl sites for hydroxylation is 1. The van der Waals surface area contributed by atoms with Crippen molar-refractivity contribution in [2.45, 2.75) is 52.7 Å². The Bertz CT molecular complexity index is 960. The molecule has 1 saturated heterocycles. The number of hydrogen-bond acceptors (Lipinski definition) is 5. The van der Waals surface area contributed by atoms with Gasteiger partial charge in [-0.15, -0.1) is 0 Å². The lowest BCUT2D eigenvalue weighted by atomic mass is 9.93. The quantitative estimate of drug-likeness (QED) is 0.622. The highest BCUT2D eigenvalue weighted by molar-refractivity contribution is 5.95. The first-order valence-corrected chi connectivity index (χ1v) is 11.9. The zero-order chi connectivity index (χ0) is 25.0. The minimum Gasteiger partial charge on any atom is -0.463 e. The molecule has 0 radical (unpaired) electrons. The summed E-state index contributed by atoms with van der Waals surface area (Å²) in [5.74, 6) is -0.432. The van der Waals surface area contributed by atoms with Crippen LogP contribution in [0.2, 0.25) is 0 Å². The summed E-state index contributed by atoms with van der Waals surface area (Å²) >= 11 is 0. The van der Waals surface area contributed by atoms with Crippen molar-refractivity contribution in [3.63, 3.8) is 0 Å². The molecular formula is C25H37N5O4. The maximum Gasteiger partial charge on any atom is 0.338 e. The fourth-order valence-electron chi connectivity index (χ4n) is 4.52. The van der Waals surface area contributed by atoms with Crippen LogP contribution in [0.1, 0.15) is 44.9 Å². The summed E-state index contributed by atoms with van der Waals surface area (Å²) < 4.78 is 5.42. The molecule has 34 heavy (non-hydrogen) atoms. The normalized spacial score (nSPS) is 21.6. The van der Waals surface area contributed by atoms with Gasteiger partial charge in [-0.05, 0) is 40.2 Å². The van der Waals surface area contributed by atoms with Crippen LogP contribution in [0.15, 0.2) is 35.5 Å². The van der Waals surface area contributed by atoms with Crippen LogP contribution in [-0.4, -0.2) is 84.6 Å². The molecule has 0 aromatic heterocycles. The van der Waals surface area contributed by atoms with E-state index in [4.69, 9.17) is 4.74 Å². The molecule has 1 aromatic carbocycles. The Kier molecular flexibility index (Phi) is 8.19. The zero-order valence-corrected chi connectivity index (χ0v) is 21.1. The van der Waals surface area contributed by atoms with E-state index in [1.807, 2.05) is 56.9 Å². The Hall–Kier alpha value is -3.07. The predicted molar refractivity (Wildman–Crippen MR) is 130 cm³/mol. The number of amides is 4. The number of carbonyl (C=O) groups excluding carboxylic acids is 3. The number of hydrogen-bond donors (Lipinski definition) is 2. The summed E-state index contributed by atoms with van der Waals surface area (Å²) in [6.07, 6.45) is 0. The molecule has 3 rings (SSSR count). The monoisotopic (exact) mass is 471 g/mol. The van der Waals surface area contributed by atoms with Crippen LogP contribution >= 0.6 is 0 Å². The Morgan fingerprint density at radius 2 is 2.00 bits per heavy atom. The molecule has 186 valence electrons. The lowest BCUT2D eigenvalue weighted by Gasteiger charge is -2.42. The van der Waals surface area contributed by atoms with Crippen molar-refractivity contribution in [3.8, 4) is 0 Å². The van der Waals surface area contributed by atoms with Crippen LogP contribution in [0.4, 0.5) is 9.59 Å². The number of benzene rings is 1. The molecule has 2 N–H and O–H groups in total. The Morgan fingerprint density at radius 1 is 1.26 bits per heavy atom. The summed E-state index contributed by atoms with van der Waals surface area (Å²) in [5.41, 5.74) is 2.95. The van der Waals surface area contributed by atoms with E-state index in [0.717, 1.165) is 11.1 Å². The van der Waals surface area contributed by atoms with Crippen molar-refractivity contribution < 1.29 is 19.1 Å². The molecular weight excluding hydrogens is 434 g/mol. The van der Waals surface area contributed by atoms with Gasteiger partial charge in [0.05, 0.1) is 18.2 Å². The minimum absolute atomic E-state index is 0.00515. The van der Waals surface area contributed by atoms with Gasteiger partial charge in [0.1, 0.15) is 0 Å². The Labute approximate surface area is 202 Å². The summed E-state index contributed by atoms with van der Waals surface area (Å²) in [6, 6.07) is 6.92. The average Bonchev–Trinajstić information content (AvgIpc) is 2.76. The first kappa shape index (κ1) is 25.6. The van der Waals surface area contributed by atoms with Gasteiger partial charge in [-0.1, -0.05) is 29.8 Å². The minimum atomic E-state index is -0.590. The summed E-state index contributed by atoms with van der Waals surface area (Å²) in [6.45, 7) is 12.1. The van der Waals surface area contributed by atoms with Crippen molar-refractivity contribution in [3.05, 3.63) is 46.7 Å². The van der Waals surface area contributed by atoms with E-state index >= 15 is 0 Å². The van der Waals surface area contributed by atoms with E-state index < -0.39 is 12.0 Å². The summed E-state index contributed by atoms with van der Waals surface area (Å²) in [4.78, 5) is 44.1. The molecule has 2 atom stereocenters. The third kappa shape index (κ3) is 5.70. The molecule has 0 spiro atoms. The van der Waals surface area contributed by atoms with Crippen molar-refractivity contribution in [1.82, 2.24) is 25.3 Å². The van der Waals surface area contributed by atoms with Gasteiger partial charge in [0.2, 0.25) is 0 Å². The molecule has 2 heterocycles. The van der Waals surface area contributed by atoms with Gasteiger partial charge in [-0.2, -0.15) is 0 Å². The van der Waals surface area contributed by atoms with E-state index in [-0.39, 0.29) is 30.8 Å². The van der Waals surface area contributed by atoms with Crippen LogP contribution in [0, 0.1) is 6.92 Å². The van der Waals surface area contributed by atoms with E-state index in [0.29, 0.717) is 37.4 Å². The van der Waals surface area contributed by atoms with Gasteiger partial charge in [-0.25, -0.2) is 14.4 Å². The molecule has 4 amide bonds. The lowest BCUT2D eigenvalue weighted by molar-refractivity contribution is -0.139. The highest BCUT2D eigenvalue weighted by Crippen LogP contribution is 2.32. The van der Waals surface area contributed by atoms with Crippen molar-refractivity contribution >= 4 is 18.0 Å². The smallest absolute Gasteiger partial charge is 0.338 e. The number of rotatable bonds is 6. The van der Waals surface area contributed by atoms with E-state index in [1.165, 1.54) is 4.90 Å². The molecule has 1 fully saturated rings. The predicted octanol–water partition coefficient (Wildman–Crippen LogP) is 2.63. The zero-order valence-electron chi connectivity index (χ0n) is 21.1. The third-order valence-corrected chi connectivity index (χ3v) is 6.21. The standard InChI is InChI=1S/C25H37N5O4/c1-7-34-23(31)21-20(15-29-11-12-30(18(5)14-29)25(33)26-16(2)3)28(6)24(32)27-22(21)19-10-8-9-17(4)13-19/h8-10,13,16,18,22H,7,11-12,14-15H2,1-6H3,(H,26,33)(H,27,32)/t18-,22-/m0/s1. The van der Waals surface area contributed by atoms with Gasteiger partial charge in [-0.3, -0.25) is 9.80 Å². The topological polar surface area (TPSA) is 94.2 Å². The van der Waals surface area contributed by atoms with Crippen molar-refractivity contribution in [2.75, 3.05) is 39.8 Å². The van der Waals surface area contributed by atoms with Crippen LogP contribution in [0.25, 0.3) is 0 Å². The average molecular weight is 472 g/mol. The molecule has 9 heteroatoms. The van der Waals surface area contributed by atoms with E-state index in [1.54, 1.807) is 14.0 Å². The molecule has 9 nitrogen and oxygen atoms in total. The van der Waals surface area contributed by atoms with E-state index in [9.17, 15) is 14.4 Å². The molecule has 2 aliphatic heterocycles. The molecule has 0 bridgehead atoms. The molecule has 0 unspecified atom stereocenters. The number of likely N-dealkylation sites (N-methyl/N-ethyl adjacent to an activating group) is 1. The maximum atomic E-state index is 13.1. The number of urea groups is 2. The second kappa shape index (κ2) is 10.9. The first-order chi connectivity index (χ1) is 16.1. The van der Waals surface area contributed by atoms with Crippen molar-refractivity contribution in [1.29, 1.82) is 0 Å². The van der Waals surface area contributed by atoms with Crippen LogP contribution in [-0.2, 0) is 9.53 Å². The molecule has 0 saturated carbocycles. The number of esters is 1.